The average molecular weight is 183 g/mol. The van der Waals surface area contributed by atoms with Crippen LogP contribution in [0.5, 0.6) is 5.75 Å². The molecule has 1 heteroatoms. The van der Waals surface area contributed by atoms with Gasteiger partial charge in [0.25, 0.3) is 0 Å². The Bertz CT molecular complexity index is 389. The quantitative estimate of drug-likeness (QED) is 0.694. The highest BCUT2D eigenvalue weighted by atomic mass is 16.5. The minimum Gasteiger partial charge on any atom is -0.497 e. The molecule has 0 bridgehead atoms. The van der Waals surface area contributed by atoms with Crippen LogP contribution < -0.4 is 4.74 Å². The number of hydrogen-bond donors (Lipinski definition) is 0. The van der Waals surface area contributed by atoms with E-state index in [0.717, 1.165) is 5.75 Å². The molecule has 0 saturated heterocycles. The van der Waals surface area contributed by atoms with Gasteiger partial charge in [0.1, 0.15) is 5.75 Å². The third-order valence-electron chi connectivity index (χ3n) is 2.14. The molecule has 1 radical (unpaired) electrons. The van der Waals surface area contributed by atoms with Crippen molar-refractivity contribution in [2.75, 3.05) is 7.11 Å². The van der Waals surface area contributed by atoms with Crippen LogP contribution in [0, 0.1) is 6.07 Å². The lowest BCUT2D eigenvalue weighted by molar-refractivity contribution is 0.415. The first-order chi connectivity index (χ1) is 6.90. The molecular weight excluding hydrogens is 172 g/mol. The summed E-state index contributed by atoms with van der Waals surface area (Å²) in [6, 6.07) is 18.9. The monoisotopic (exact) mass is 183 g/mol. The molecule has 0 aromatic heterocycles. The van der Waals surface area contributed by atoms with E-state index in [2.05, 4.69) is 6.07 Å². The predicted molar refractivity (Wildman–Crippen MR) is 57.3 cm³/mol. The fourth-order valence-electron chi connectivity index (χ4n) is 1.36. The first kappa shape index (κ1) is 8.82. The van der Waals surface area contributed by atoms with Crippen LogP contribution in [-0.2, 0) is 0 Å². The lowest BCUT2D eigenvalue weighted by Gasteiger charge is -2.02. The topological polar surface area (TPSA) is 9.23 Å². The van der Waals surface area contributed by atoms with E-state index in [9.17, 15) is 0 Å². The lowest BCUT2D eigenvalue weighted by Crippen LogP contribution is -1.82. The van der Waals surface area contributed by atoms with Crippen LogP contribution in [0.4, 0.5) is 0 Å². The van der Waals surface area contributed by atoms with Crippen molar-refractivity contribution < 1.29 is 4.74 Å². The zero-order valence-electron chi connectivity index (χ0n) is 8.03. The highest BCUT2D eigenvalue weighted by Crippen LogP contribution is 2.21. The fraction of sp³-hybridized carbons (Fsp3) is 0.0769. The molecule has 0 amide bonds. The van der Waals surface area contributed by atoms with Crippen molar-refractivity contribution >= 4 is 0 Å². The molecule has 14 heavy (non-hydrogen) atoms. The average Bonchev–Trinajstić information content (AvgIpc) is 2.30. The zero-order valence-corrected chi connectivity index (χ0v) is 8.03. The van der Waals surface area contributed by atoms with Crippen molar-refractivity contribution in [1.82, 2.24) is 0 Å². The van der Waals surface area contributed by atoms with Crippen molar-refractivity contribution in [2.45, 2.75) is 0 Å². The van der Waals surface area contributed by atoms with E-state index in [1.165, 1.54) is 11.1 Å². The molecule has 0 saturated carbocycles. The molecule has 0 N–H and O–H groups in total. The molecule has 0 aliphatic carbocycles. The van der Waals surface area contributed by atoms with Crippen molar-refractivity contribution in [1.29, 1.82) is 0 Å². The van der Waals surface area contributed by atoms with E-state index in [1.54, 1.807) is 7.11 Å². The molecule has 2 aromatic rings. The van der Waals surface area contributed by atoms with E-state index >= 15 is 0 Å². The van der Waals surface area contributed by atoms with E-state index in [1.807, 2.05) is 48.5 Å². The van der Waals surface area contributed by atoms with Gasteiger partial charge in [0.2, 0.25) is 0 Å². The summed E-state index contributed by atoms with van der Waals surface area (Å²) >= 11 is 0. The highest BCUT2D eigenvalue weighted by Gasteiger charge is 1.96. The summed E-state index contributed by atoms with van der Waals surface area (Å²) in [5.41, 5.74) is 2.39. The van der Waals surface area contributed by atoms with Crippen molar-refractivity contribution in [3.05, 3.63) is 54.6 Å². The smallest absolute Gasteiger partial charge is 0.118 e. The Morgan fingerprint density at radius 1 is 0.857 bits per heavy atom. The third kappa shape index (κ3) is 1.77. The summed E-state index contributed by atoms with van der Waals surface area (Å²) in [4.78, 5) is 0. The maximum absolute atomic E-state index is 5.10. The van der Waals surface area contributed by atoms with Crippen molar-refractivity contribution in [3.8, 4) is 16.9 Å². The Kier molecular flexibility index (Phi) is 2.50. The second kappa shape index (κ2) is 3.97. The molecule has 2 aromatic carbocycles. The number of benzene rings is 2. The van der Waals surface area contributed by atoms with Gasteiger partial charge in [0.05, 0.1) is 7.11 Å². The van der Waals surface area contributed by atoms with E-state index in [4.69, 9.17) is 4.74 Å². The van der Waals surface area contributed by atoms with Gasteiger partial charge in [0, 0.05) is 0 Å². The van der Waals surface area contributed by atoms with Crippen LogP contribution in [0.3, 0.4) is 0 Å². The largest absolute Gasteiger partial charge is 0.497 e. The zero-order chi connectivity index (χ0) is 9.80. The number of rotatable bonds is 2. The summed E-state index contributed by atoms with van der Waals surface area (Å²) in [5.74, 6) is 0.885. The molecule has 0 heterocycles. The standard InChI is InChI=1S/C13H11O/c1-14-13-9-7-12(8-10-13)11-5-3-2-4-6-11/h3-10H,1H3. The van der Waals surface area contributed by atoms with Crippen LogP contribution in [0.2, 0.25) is 0 Å². The SMILES string of the molecule is COc1ccc(-c2cc[c]cc2)cc1. The number of ether oxygens (including phenoxy) is 1. The van der Waals surface area contributed by atoms with Gasteiger partial charge >= 0.3 is 0 Å². The van der Waals surface area contributed by atoms with E-state index in [-0.39, 0.29) is 0 Å². The molecular formula is C13H11O. The molecule has 0 fully saturated rings. The summed E-state index contributed by atoms with van der Waals surface area (Å²) in [5, 5.41) is 0. The first-order valence-corrected chi connectivity index (χ1v) is 4.51. The molecule has 1 nitrogen and oxygen atoms in total. The fourth-order valence-corrected chi connectivity index (χ4v) is 1.36. The minimum absolute atomic E-state index is 0.885. The van der Waals surface area contributed by atoms with Crippen LogP contribution in [0.25, 0.3) is 11.1 Å². The summed E-state index contributed by atoms with van der Waals surface area (Å²) in [6.45, 7) is 0. The van der Waals surface area contributed by atoms with E-state index in [0.29, 0.717) is 0 Å². The Morgan fingerprint density at radius 3 is 2.00 bits per heavy atom. The van der Waals surface area contributed by atoms with Crippen LogP contribution in [0.15, 0.2) is 48.5 Å². The van der Waals surface area contributed by atoms with Gasteiger partial charge in [-0.3, -0.25) is 0 Å². The molecule has 69 valence electrons. The molecule has 2 rings (SSSR count). The van der Waals surface area contributed by atoms with Gasteiger partial charge in [-0.05, 0) is 29.3 Å². The van der Waals surface area contributed by atoms with Crippen LogP contribution >= 0.6 is 0 Å². The molecule has 0 spiro atoms. The molecule has 0 atom stereocenters. The van der Waals surface area contributed by atoms with Gasteiger partial charge in [0.15, 0.2) is 0 Å². The second-order valence-electron chi connectivity index (χ2n) is 3.02. The maximum atomic E-state index is 5.10. The summed E-state index contributed by atoms with van der Waals surface area (Å²) < 4.78 is 5.10. The van der Waals surface area contributed by atoms with Gasteiger partial charge in [-0.2, -0.15) is 0 Å². The van der Waals surface area contributed by atoms with Crippen LogP contribution in [-0.4, -0.2) is 7.11 Å². The Balaban J connectivity index is 2.34. The second-order valence-corrected chi connectivity index (χ2v) is 3.02. The Morgan fingerprint density at radius 2 is 1.43 bits per heavy atom. The Hall–Kier alpha value is -1.76. The van der Waals surface area contributed by atoms with E-state index < -0.39 is 0 Å². The molecule has 0 unspecified atom stereocenters. The summed E-state index contributed by atoms with van der Waals surface area (Å²) in [6.07, 6.45) is 0. The van der Waals surface area contributed by atoms with Gasteiger partial charge in [-0.1, -0.05) is 36.4 Å². The molecule has 0 aliphatic heterocycles. The number of methoxy groups -OCH3 is 1. The van der Waals surface area contributed by atoms with Crippen molar-refractivity contribution in [2.24, 2.45) is 0 Å². The highest BCUT2D eigenvalue weighted by molar-refractivity contribution is 5.63. The normalized spacial score (nSPS) is 9.79. The van der Waals surface area contributed by atoms with Gasteiger partial charge in [-0.25, -0.2) is 0 Å². The van der Waals surface area contributed by atoms with Gasteiger partial charge < -0.3 is 4.74 Å². The van der Waals surface area contributed by atoms with Crippen LogP contribution in [0.1, 0.15) is 0 Å². The maximum Gasteiger partial charge on any atom is 0.118 e. The van der Waals surface area contributed by atoms with Crippen molar-refractivity contribution in [3.63, 3.8) is 0 Å². The first-order valence-electron chi connectivity index (χ1n) is 4.51. The Labute approximate surface area is 84.0 Å². The third-order valence-corrected chi connectivity index (χ3v) is 2.14. The predicted octanol–water partition coefficient (Wildman–Crippen LogP) is 3.16. The minimum atomic E-state index is 0.885. The summed E-state index contributed by atoms with van der Waals surface area (Å²) in [7, 11) is 1.67. The van der Waals surface area contributed by atoms with Gasteiger partial charge in [-0.15, -0.1) is 0 Å². The number of hydrogen-bond acceptors (Lipinski definition) is 1. The lowest BCUT2D eigenvalue weighted by atomic mass is 10.1. The molecule has 0 aliphatic rings.